The average Bonchev–Trinajstić information content (AvgIpc) is 3.43. The van der Waals surface area contributed by atoms with E-state index in [0.29, 0.717) is 30.7 Å². The number of fused-ring (bicyclic) bond motifs is 1. The number of thiazole rings is 1. The molecular formula is C20H19BrN4O2S2. The number of halogens is 1. The molecule has 5 rings (SSSR count). The molecule has 0 saturated carbocycles. The first kappa shape index (κ1) is 19.2. The molecule has 0 unspecified atom stereocenters. The Morgan fingerprint density at radius 3 is 2.72 bits per heavy atom. The van der Waals surface area contributed by atoms with Gasteiger partial charge < -0.3 is 15.1 Å². The number of aromatic nitrogens is 1. The molecule has 1 aromatic carbocycles. The fourth-order valence-corrected chi connectivity index (χ4v) is 6.08. The molecule has 2 aliphatic heterocycles. The second-order valence-electron chi connectivity index (χ2n) is 7.44. The molecule has 4 heterocycles. The molecule has 2 aliphatic rings. The predicted molar refractivity (Wildman–Crippen MR) is 119 cm³/mol. The summed E-state index contributed by atoms with van der Waals surface area (Å²) < 4.78 is 2.15. The number of thiophene rings is 1. The van der Waals surface area contributed by atoms with Gasteiger partial charge in [0, 0.05) is 59.0 Å². The molecule has 3 aromatic rings. The van der Waals surface area contributed by atoms with Gasteiger partial charge in [-0.15, -0.1) is 22.7 Å². The third-order valence-corrected chi connectivity index (χ3v) is 7.76. The first-order valence-corrected chi connectivity index (χ1v) is 12.0. The molecule has 1 N–H and O–H groups in total. The molecule has 150 valence electrons. The Morgan fingerprint density at radius 2 is 1.93 bits per heavy atom. The lowest BCUT2D eigenvalue weighted by molar-refractivity contribution is 0.0558. The van der Waals surface area contributed by atoms with Crippen LogP contribution in [0.15, 0.2) is 40.3 Å². The van der Waals surface area contributed by atoms with Crippen LogP contribution in [0.3, 0.4) is 0 Å². The Labute approximate surface area is 184 Å². The first-order chi connectivity index (χ1) is 14.1. The number of likely N-dealkylation sites (tertiary alicyclic amines) is 2. The molecule has 0 radical (unpaired) electrons. The van der Waals surface area contributed by atoms with Crippen molar-refractivity contribution in [2.45, 2.75) is 18.5 Å². The zero-order chi connectivity index (χ0) is 20.0. The molecule has 29 heavy (non-hydrogen) atoms. The van der Waals surface area contributed by atoms with E-state index in [-0.39, 0.29) is 17.9 Å². The van der Waals surface area contributed by atoms with Crippen LogP contribution in [0.4, 0.5) is 0 Å². The highest BCUT2D eigenvalue weighted by Crippen LogP contribution is 2.30. The maximum absolute atomic E-state index is 12.8. The van der Waals surface area contributed by atoms with Crippen LogP contribution in [0, 0.1) is 0 Å². The number of hydrogen-bond acceptors (Lipinski definition) is 6. The van der Waals surface area contributed by atoms with Crippen LogP contribution >= 0.6 is 38.6 Å². The lowest BCUT2D eigenvalue weighted by Crippen LogP contribution is -2.61. The summed E-state index contributed by atoms with van der Waals surface area (Å²) in [5.74, 6) is 0.124. The third kappa shape index (κ3) is 3.84. The van der Waals surface area contributed by atoms with E-state index in [9.17, 15) is 9.59 Å². The maximum atomic E-state index is 12.8. The number of carbonyl (C=O) groups excluding carboxylic acids is 2. The maximum Gasteiger partial charge on any atom is 0.282 e. The summed E-state index contributed by atoms with van der Waals surface area (Å²) in [6, 6.07) is 8.64. The molecule has 2 aromatic heterocycles. The minimum Gasteiger partial charge on any atom is -0.335 e. The zero-order valence-corrected chi connectivity index (χ0v) is 18.7. The Morgan fingerprint density at radius 1 is 1.10 bits per heavy atom. The molecule has 2 amide bonds. The van der Waals surface area contributed by atoms with E-state index in [4.69, 9.17) is 0 Å². The van der Waals surface area contributed by atoms with Gasteiger partial charge in [0.2, 0.25) is 0 Å². The summed E-state index contributed by atoms with van der Waals surface area (Å²) in [5, 5.41) is 7.10. The van der Waals surface area contributed by atoms with Crippen molar-refractivity contribution < 1.29 is 9.59 Å². The van der Waals surface area contributed by atoms with Gasteiger partial charge in [-0.2, -0.15) is 0 Å². The van der Waals surface area contributed by atoms with Crippen molar-refractivity contribution in [1.29, 1.82) is 0 Å². The summed E-state index contributed by atoms with van der Waals surface area (Å²) in [6.07, 6.45) is 2.60. The summed E-state index contributed by atoms with van der Waals surface area (Å²) in [6.45, 7) is 2.89. The van der Waals surface area contributed by atoms with Crippen molar-refractivity contribution in [1.82, 2.24) is 20.1 Å². The minimum absolute atomic E-state index is 0.0195. The van der Waals surface area contributed by atoms with E-state index >= 15 is 0 Å². The van der Waals surface area contributed by atoms with Gasteiger partial charge in [0.05, 0.1) is 4.88 Å². The van der Waals surface area contributed by atoms with Gasteiger partial charge in [-0.3, -0.25) is 9.59 Å². The van der Waals surface area contributed by atoms with E-state index < -0.39 is 0 Å². The monoisotopic (exact) mass is 490 g/mol. The highest BCUT2D eigenvalue weighted by Gasteiger charge is 2.35. The Kier molecular flexibility index (Phi) is 5.15. The quantitative estimate of drug-likeness (QED) is 0.608. The number of carbonyl (C=O) groups is 2. The van der Waals surface area contributed by atoms with Crippen molar-refractivity contribution in [3.05, 3.63) is 50.2 Å². The fourth-order valence-electron chi connectivity index (χ4n) is 3.89. The molecule has 0 spiro atoms. The smallest absolute Gasteiger partial charge is 0.282 e. The van der Waals surface area contributed by atoms with E-state index in [1.54, 1.807) is 17.5 Å². The van der Waals surface area contributed by atoms with Crippen LogP contribution in [-0.4, -0.2) is 64.9 Å². The van der Waals surface area contributed by atoms with Crippen molar-refractivity contribution in [2.75, 3.05) is 26.2 Å². The second-order valence-corrected chi connectivity index (χ2v) is 10.3. The fraction of sp³-hybridized carbons (Fsp3) is 0.350. The van der Waals surface area contributed by atoms with Gasteiger partial charge in [0.1, 0.15) is 0 Å². The number of nitrogens with zero attached hydrogens (tertiary/aromatic N) is 3. The Bertz CT molecular complexity index is 1060. The van der Waals surface area contributed by atoms with Gasteiger partial charge in [-0.05, 0) is 30.0 Å². The topological polar surface area (TPSA) is 65.5 Å². The van der Waals surface area contributed by atoms with Gasteiger partial charge >= 0.3 is 0 Å². The van der Waals surface area contributed by atoms with Crippen molar-refractivity contribution in [3.8, 4) is 0 Å². The van der Waals surface area contributed by atoms with E-state index in [1.807, 2.05) is 33.4 Å². The minimum atomic E-state index is 0.0195. The van der Waals surface area contributed by atoms with Gasteiger partial charge in [-0.1, -0.05) is 22.0 Å². The normalized spacial score (nSPS) is 19.7. The van der Waals surface area contributed by atoms with Crippen LogP contribution in [0.2, 0.25) is 0 Å². The van der Waals surface area contributed by atoms with E-state index in [1.165, 1.54) is 11.3 Å². The summed E-state index contributed by atoms with van der Waals surface area (Å²) in [4.78, 5) is 33.8. The van der Waals surface area contributed by atoms with Crippen molar-refractivity contribution in [3.63, 3.8) is 0 Å². The zero-order valence-electron chi connectivity index (χ0n) is 15.5. The molecule has 6 nitrogen and oxygen atoms in total. The summed E-state index contributed by atoms with van der Waals surface area (Å²) in [7, 11) is 0. The van der Waals surface area contributed by atoms with Gasteiger partial charge in [-0.25, -0.2) is 4.98 Å². The summed E-state index contributed by atoms with van der Waals surface area (Å²) in [5.41, 5.74) is 0. The number of rotatable bonds is 4. The molecule has 1 atom stereocenters. The average molecular weight is 491 g/mol. The molecule has 0 bridgehead atoms. The Balaban J connectivity index is 1.13. The van der Waals surface area contributed by atoms with Crippen LogP contribution in [-0.2, 0) is 0 Å². The standard InChI is InChI=1S/C20H19BrN4O2S2/c21-13-2-1-12-7-17(29-16(12)8-13)19(26)25-10-15(11-25)23-14-3-5-24(9-14)20(27)18-22-4-6-28-18/h1-2,4,6-8,14-15,23H,3,5,9-11H2/t14-/m0/s1. The lowest BCUT2D eigenvalue weighted by atomic mass is 10.1. The van der Waals surface area contributed by atoms with Gasteiger partial charge in [0.25, 0.3) is 11.8 Å². The SMILES string of the molecule is O=C(c1cc2ccc(Br)cc2s1)N1CC(N[C@H]2CCN(C(=O)c3nccs3)C2)C1. The largest absolute Gasteiger partial charge is 0.335 e. The van der Waals surface area contributed by atoms with Crippen LogP contribution < -0.4 is 5.32 Å². The van der Waals surface area contributed by atoms with E-state index in [2.05, 4.69) is 32.3 Å². The lowest BCUT2D eigenvalue weighted by Gasteiger charge is -2.40. The Hall–Kier alpha value is -1.81. The highest BCUT2D eigenvalue weighted by atomic mass is 79.9. The van der Waals surface area contributed by atoms with Crippen LogP contribution in [0.25, 0.3) is 10.1 Å². The molecule has 2 fully saturated rings. The first-order valence-electron chi connectivity index (χ1n) is 9.50. The van der Waals surface area contributed by atoms with Crippen LogP contribution in [0.1, 0.15) is 25.9 Å². The van der Waals surface area contributed by atoms with E-state index in [0.717, 1.165) is 32.4 Å². The second kappa shape index (κ2) is 7.79. The predicted octanol–water partition coefficient (Wildman–Crippen LogP) is 3.45. The van der Waals surface area contributed by atoms with Crippen LogP contribution in [0.5, 0.6) is 0 Å². The van der Waals surface area contributed by atoms with Gasteiger partial charge in [0.15, 0.2) is 5.01 Å². The highest BCUT2D eigenvalue weighted by molar-refractivity contribution is 9.10. The molecule has 2 saturated heterocycles. The number of benzene rings is 1. The summed E-state index contributed by atoms with van der Waals surface area (Å²) >= 11 is 6.41. The number of amides is 2. The molecule has 0 aliphatic carbocycles. The third-order valence-electron chi connectivity index (χ3n) is 5.42. The number of hydrogen-bond donors (Lipinski definition) is 1. The van der Waals surface area contributed by atoms with Crippen molar-refractivity contribution in [2.24, 2.45) is 0 Å². The molecule has 9 heteroatoms. The number of nitrogens with one attached hydrogen (secondary N) is 1. The molecular weight excluding hydrogens is 472 g/mol. The van der Waals surface area contributed by atoms with Crippen molar-refractivity contribution >= 4 is 60.5 Å².